The first-order chi connectivity index (χ1) is 12.1. The maximum absolute atomic E-state index is 13.6. The number of rotatable bonds is 3. The van der Waals surface area contributed by atoms with E-state index in [4.69, 9.17) is 27.9 Å². The molecule has 0 atom stereocenters. The summed E-state index contributed by atoms with van der Waals surface area (Å²) in [5.41, 5.74) is 1.98. The molecule has 0 aromatic heterocycles. The van der Waals surface area contributed by atoms with Gasteiger partial charge in [-0.1, -0.05) is 35.0 Å². The van der Waals surface area contributed by atoms with Crippen molar-refractivity contribution in [3.05, 3.63) is 63.4 Å². The van der Waals surface area contributed by atoms with E-state index in [-0.39, 0.29) is 5.02 Å². The van der Waals surface area contributed by atoms with Gasteiger partial charge in [0, 0.05) is 17.5 Å². The van der Waals surface area contributed by atoms with Crippen molar-refractivity contribution in [1.82, 2.24) is 0 Å². The fraction of sp³-hybridized carbons (Fsp3) is 0.118. The van der Waals surface area contributed by atoms with Crippen LogP contribution in [0, 0.1) is 5.82 Å². The fourth-order valence-corrected chi connectivity index (χ4v) is 3.25. The summed E-state index contributed by atoms with van der Waals surface area (Å²) in [7, 11) is 1.62. The molecule has 0 amide bonds. The van der Waals surface area contributed by atoms with Crippen molar-refractivity contribution in [3.63, 3.8) is 0 Å². The number of methoxy groups -OCH3 is 1. The lowest BCUT2D eigenvalue weighted by Gasteiger charge is -2.11. The van der Waals surface area contributed by atoms with E-state index in [2.05, 4.69) is 15.2 Å². The molecule has 4 nitrogen and oxygen atoms in total. The summed E-state index contributed by atoms with van der Waals surface area (Å²) in [6, 6.07) is 10.1. The number of amidine groups is 1. The third-order valence-electron chi connectivity index (χ3n) is 3.35. The highest BCUT2D eigenvalue weighted by atomic mass is 35.5. The van der Waals surface area contributed by atoms with Crippen LogP contribution in [0.15, 0.2) is 51.6 Å². The van der Waals surface area contributed by atoms with Gasteiger partial charge in [0.25, 0.3) is 0 Å². The van der Waals surface area contributed by atoms with Gasteiger partial charge in [0.15, 0.2) is 0 Å². The van der Waals surface area contributed by atoms with Gasteiger partial charge in [0.05, 0.1) is 22.9 Å². The zero-order valence-corrected chi connectivity index (χ0v) is 15.4. The Morgan fingerprint density at radius 3 is 2.56 bits per heavy atom. The average molecular weight is 396 g/mol. The Labute approximate surface area is 158 Å². The van der Waals surface area contributed by atoms with Gasteiger partial charge in [-0.25, -0.2) is 9.38 Å². The lowest BCUT2D eigenvalue weighted by atomic mass is 10.1. The summed E-state index contributed by atoms with van der Waals surface area (Å²) >= 11 is 13.2. The zero-order valence-electron chi connectivity index (χ0n) is 13.0. The van der Waals surface area contributed by atoms with Gasteiger partial charge >= 0.3 is 0 Å². The molecule has 0 N–H and O–H groups in total. The molecule has 0 radical (unpaired) electrons. The average Bonchev–Trinajstić information content (AvgIpc) is 2.64. The van der Waals surface area contributed by atoms with Gasteiger partial charge in [0.1, 0.15) is 11.6 Å². The van der Waals surface area contributed by atoms with Gasteiger partial charge in [-0.15, -0.1) is 5.10 Å². The number of benzene rings is 2. The SMILES string of the molecule is COc1ccc(/C=N\C2=NN=C(c3cc(F)c(Cl)cc3Cl)CS2)cc1. The molecule has 0 saturated carbocycles. The lowest BCUT2D eigenvalue weighted by Crippen LogP contribution is -2.11. The van der Waals surface area contributed by atoms with Gasteiger partial charge in [-0.2, -0.15) is 5.10 Å². The van der Waals surface area contributed by atoms with E-state index in [0.717, 1.165) is 11.3 Å². The van der Waals surface area contributed by atoms with Crippen LogP contribution >= 0.6 is 35.0 Å². The first kappa shape index (κ1) is 17.9. The van der Waals surface area contributed by atoms with E-state index < -0.39 is 5.82 Å². The van der Waals surface area contributed by atoms with Crippen molar-refractivity contribution in [2.75, 3.05) is 12.9 Å². The smallest absolute Gasteiger partial charge is 0.209 e. The number of halogens is 3. The minimum absolute atomic E-state index is 0.0221. The standard InChI is InChI=1S/C17H12Cl2FN3OS/c1-24-11-4-2-10(3-5-11)8-21-17-23-22-16(9-25-17)12-6-15(20)14(19)7-13(12)18/h2-8H,9H2,1H3/b21-8-. The molecule has 25 heavy (non-hydrogen) atoms. The predicted molar refractivity (Wildman–Crippen MR) is 103 cm³/mol. The van der Waals surface area contributed by atoms with Gasteiger partial charge in [0.2, 0.25) is 5.17 Å². The van der Waals surface area contributed by atoms with Gasteiger partial charge in [-0.05, 0) is 42.0 Å². The Hall–Kier alpha value is -1.89. The Bertz CT molecular complexity index is 882. The second-order valence-electron chi connectivity index (χ2n) is 5.00. The van der Waals surface area contributed by atoms with Crippen LogP contribution in [0.5, 0.6) is 5.75 Å². The maximum Gasteiger partial charge on any atom is 0.209 e. The minimum atomic E-state index is -0.541. The number of thioether (sulfide) groups is 1. The predicted octanol–water partition coefficient (Wildman–Crippen LogP) is 5.07. The van der Waals surface area contributed by atoms with Gasteiger partial charge in [-0.3, -0.25) is 0 Å². The topological polar surface area (TPSA) is 46.3 Å². The molecule has 128 valence electrons. The number of hydrogen-bond donors (Lipinski definition) is 0. The number of aliphatic imine (C=N–C) groups is 1. The first-order valence-corrected chi connectivity index (χ1v) is 8.91. The summed E-state index contributed by atoms with van der Waals surface area (Å²) in [4.78, 5) is 4.30. The maximum atomic E-state index is 13.6. The Morgan fingerprint density at radius 2 is 1.92 bits per heavy atom. The lowest BCUT2D eigenvalue weighted by molar-refractivity contribution is 0.415. The van der Waals surface area contributed by atoms with Crippen molar-refractivity contribution >= 4 is 52.1 Å². The monoisotopic (exact) mass is 395 g/mol. The second-order valence-corrected chi connectivity index (χ2v) is 6.75. The van der Waals surface area contributed by atoms with E-state index >= 15 is 0 Å². The van der Waals surface area contributed by atoms with E-state index in [1.165, 1.54) is 23.9 Å². The molecule has 2 aromatic carbocycles. The molecule has 0 fully saturated rings. The molecule has 0 saturated heterocycles. The number of nitrogens with zero attached hydrogens (tertiary/aromatic N) is 3. The molecular weight excluding hydrogens is 384 g/mol. The second kappa shape index (κ2) is 7.99. The fourth-order valence-electron chi connectivity index (χ4n) is 2.05. The van der Waals surface area contributed by atoms with Crippen LogP contribution in [0.1, 0.15) is 11.1 Å². The van der Waals surface area contributed by atoms with Crippen molar-refractivity contribution < 1.29 is 9.13 Å². The minimum Gasteiger partial charge on any atom is -0.497 e. The van der Waals surface area contributed by atoms with Crippen LogP contribution in [-0.2, 0) is 0 Å². The summed E-state index contributed by atoms with van der Waals surface area (Å²) in [6.45, 7) is 0. The third-order valence-corrected chi connectivity index (χ3v) is 4.82. The van der Waals surface area contributed by atoms with E-state index in [0.29, 0.717) is 27.2 Å². The summed E-state index contributed by atoms with van der Waals surface area (Å²) in [6.07, 6.45) is 1.70. The van der Waals surface area contributed by atoms with Crippen LogP contribution in [0.4, 0.5) is 4.39 Å². The van der Waals surface area contributed by atoms with Crippen LogP contribution < -0.4 is 4.74 Å². The van der Waals surface area contributed by atoms with E-state index in [9.17, 15) is 4.39 Å². The van der Waals surface area contributed by atoms with Crippen LogP contribution in [0.25, 0.3) is 0 Å². The van der Waals surface area contributed by atoms with Crippen molar-refractivity contribution in [2.45, 2.75) is 0 Å². The van der Waals surface area contributed by atoms with Crippen molar-refractivity contribution in [3.8, 4) is 5.75 Å². The molecule has 0 bridgehead atoms. The number of hydrogen-bond acceptors (Lipinski definition) is 5. The molecule has 1 heterocycles. The van der Waals surface area contributed by atoms with Crippen molar-refractivity contribution in [2.24, 2.45) is 15.2 Å². The molecule has 1 aliphatic heterocycles. The Morgan fingerprint density at radius 1 is 1.16 bits per heavy atom. The van der Waals surface area contributed by atoms with Gasteiger partial charge < -0.3 is 4.74 Å². The first-order valence-electron chi connectivity index (χ1n) is 7.17. The molecule has 1 aliphatic rings. The molecular formula is C17H12Cl2FN3OS. The normalized spacial score (nSPS) is 14.4. The molecule has 0 spiro atoms. The largest absolute Gasteiger partial charge is 0.497 e. The van der Waals surface area contributed by atoms with Crippen LogP contribution in [0.3, 0.4) is 0 Å². The highest BCUT2D eigenvalue weighted by Gasteiger charge is 2.16. The highest BCUT2D eigenvalue weighted by Crippen LogP contribution is 2.27. The third kappa shape index (κ3) is 4.39. The molecule has 0 aliphatic carbocycles. The molecule has 0 unspecified atom stereocenters. The molecule has 3 rings (SSSR count). The van der Waals surface area contributed by atoms with E-state index in [1.54, 1.807) is 13.3 Å². The van der Waals surface area contributed by atoms with E-state index in [1.807, 2.05) is 24.3 Å². The van der Waals surface area contributed by atoms with Crippen molar-refractivity contribution in [1.29, 1.82) is 0 Å². The quantitative estimate of drug-likeness (QED) is 0.537. The Kier molecular flexibility index (Phi) is 5.73. The number of ether oxygens (including phenoxy) is 1. The van der Waals surface area contributed by atoms with Crippen LogP contribution in [-0.4, -0.2) is 30.0 Å². The molecule has 2 aromatic rings. The Balaban J connectivity index is 1.76. The zero-order chi connectivity index (χ0) is 17.8. The molecule has 8 heteroatoms. The summed E-state index contributed by atoms with van der Waals surface area (Å²) in [5, 5.41) is 9.00. The highest BCUT2D eigenvalue weighted by molar-refractivity contribution is 8.14. The summed E-state index contributed by atoms with van der Waals surface area (Å²) in [5.74, 6) is 0.725. The summed E-state index contributed by atoms with van der Waals surface area (Å²) < 4.78 is 18.7. The van der Waals surface area contributed by atoms with Crippen LogP contribution in [0.2, 0.25) is 10.0 Å².